The van der Waals surface area contributed by atoms with E-state index in [-0.39, 0.29) is 0 Å². The van der Waals surface area contributed by atoms with Gasteiger partial charge in [-0.2, -0.15) is 0 Å². The number of aromatic nitrogens is 4. The molecule has 0 aliphatic carbocycles. The minimum atomic E-state index is 0.816. The number of nitrogens with zero attached hydrogens (tertiary/aromatic N) is 3. The molecule has 0 bridgehead atoms. The van der Waals surface area contributed by atoms with E-state index < -0.39 is 0 Å². The number of hydrogen-bond donors (Lipinski definition) is 2. The maximum absolute atomic E-state index is 5.66. The maximum atomic E-state index is 5.66. The summed E-state index contributed by atoms with van der Waals surface area (Å²) >= 11 is 0. The van der Waals surface area contributed by atoms with Crippen LogP contribution in [0, 0.1) is 6.92 Å². The van der Waals surface area contributed by atoms with Crippen molar-refractivity contribution in [2.24, 2.45) is 7.05 Å². The van der Waals surface area contributed by atoms with E-state index in [1.807, 2.05) is 43.2 Å². The first-order valence-corrected chi connectivity index (χ1v) is 7.79. The number of ether oxygens (including phenoxy) is 1. The minimum Gasteiger partial charge on any atom is -0.496 e. The molecule has 0 aliphatic heterocycles. The lowest BCUT2D eigenvalue weighted by atomic mass is 10.1. The molecule has 0 saturated carbocycles. The van der Waals surface area contributed by atoms with Gasteiger partial charge in [-0.05, 0) is 24.6 Å². The van der Waals surface area contributed by atoms with Gasteiger partial charge in [-0.15, -0.1) is 0 Å². The highest BCUT2D eigenvalue weighted by atomic mass is 16.5. The van der Waals surface area contributed by atoms with Crippen LogP contribution in [0.5, 0.6) is 5.75 Å². The van der Waals surface area contributed by atoms with Gasteiger partial charge >= 0.3 is 0 Å². The molecule has 6 heteroatoms. The van der Waals surface area contributed by atoms with E-state index in [1.54, 1.807) is 7.11 Å². The SMILES string of the molecule is CNc1nc2cc(-c3[nH]c4cnccc4c3C)c(OC)cc2n1C. The van der Waals surface area contributed by atoms with E-state index in [4.69, 9.17) is 4.74 Å². The van der Waals surface area contributed by atoms with E-state index in [0.29, 0.717) is 0 Å². The van der Waals surface area contributed by atoms with Gasteiger partial charge in [0.15, 0.2) is 0 Å². The molecule has 3 aromatic heterocycles. The molecule has 0 radical (unpaired) electrons. The zero-order valence-corrected chi connectivity index (χ0v) is 14.1. The van der Waals surface area contributed by atoms with Crippen LogP contribution in [0.25, 0.3) is 33.2 Å². The number of hydrogen-bond acceptors (Lipinski definition) is 4. The molecular formula is C18H19N5O. The van der Waals surface area contributed by atoms with Gasteiger partial charge in [0, 0.05) is 37.3 Å². The number of imidazole rings is 1. The molecule has 2 N–H and O–H groups in total. The number of rotatable bonds is 3. The van der Waals surface area contributed by atoms with Crippen molar-refractivity contribution in [3.8, 4) is 17.0 Å². The smallest absolute Gasteiger partial charge is 0.203 e. The van der Waals surface area contributed by atoms with Crippen molar-refractivity contribution >= 4 is 27.9 Å². The molecule has 0 spiro atoms. The lowest BCUT2D eigenvalue weighted by Gasteiger charge is -2.09. The molecule has 0 aliphatic rings. The number of nitrogens with one attached hydrogen (secondary N) is 2. The Morgan fingerprint density at radius 3 is 2.83 bits per heavy atom. The standard InChI is InChI=1S/C18H19N5O/c1-10-11-5-6-20-9-14(11)21-17(10)12-7-13-15(8-16(12)24-4)23(3)18(19-2)22-13/h5-9,21H,1-4H3,(H,19,22). The molecule has 0 saturated heterocycles. The molecule has 0 unspecified atom stereocenters. The van der Waals surface area contributed by atoms with Gasteiger partial charge < -0.3 is 19.6 Å². The molecule has 0 amide bonds. The number of benzene rings is 1. The summed E-state index contributed by atoms with van der Waals surface area (Å²) in [5.74, 6) is 1.64. The Morgan fingerprint density at radius 1 is 1.29 bits per heavy atom. The van der Waals surface area contributed by atoms with Crippen LogP contribution in [-0.4, -0.2) is 33.7 Å². The van der Waals surface area contributed by atoms with Crippen molar-refractivity contribution in [1.82, 2.24) is 19.5 Å². The first-order chi connectivity index (χ1) is 11.6. The van der Waals surface area contributed by atoms with Crippen molar-refractivity contribution in [1.29, 1.82) is 0 Å². The van der Waals surface area contributed by atoms with Gasteiger partial charge in [-0.1, -0.05) is 0 Å². The minimum absolute atomic E-state index is 0.816. The van der Waals surface area contributed by atoms with Crippen LogP contribution in [0.15, 0.2) is 30.6 Å². The fourth-order valence-electron chi connectivity index (χ4n) is 3.26. The highest BCUT2D eigenvalue weighted by Gasteiger charge is 2.17. The van der Waals surface area contributed by atoms with Crippen LogP contribution in [0.3, 0.4) is 0 Å². The summed E-state index contributed by atoms with van der Waals surface area (Å²) < 4.78 is 7.68. The Kier molecular flexibility index (Phi) is 3.19. The lowest BCUT2D eigenvalue weighted by Crippen LogP contribution is -1.97. The predicted molar refractivity (Wildman–Crippen MR) is 96.6 cm³/mol. The van der Waals surface area contributed by atoms with Gasteiger partial charge in [0.25, 0.3) is 0 Å². The monoisotopic (exact) mass is 321 g/mol. The number of pyridine rings is 1. The van der Waals surface area contributed by atoms with Gasteiger partial charge in [-0.25, -0.2) is 4.98 Å². The van der Waals surface area contributed by atoms with Crippen LogP contribution < -0.4 is 10.1 Å². The third-order valence-corrected chi connectivity index (χ3v) is 4.55. The number of anilines is 1. The zero-order valence-electron chi connectivity index (χ0n) is 14.1. The lowest BCUT2D eigenvalue weighted by molar-refractivity contribution is 0.416. The second-order valence-corrected chi connectivity index (χ2v) is 5.83. The van der Waals surface area contributed by atoms with Crippen LogP contribution in [0.1, 0.15) is 5.56 Å². The first-order valence-electron chi connectivity index (χ1n) is 7.79. The van der Waals surface area contributed by atoms with Crippen LogP contribution >= 0.6 is 0 Å². The van der Waals surface area contributed by atoms with E-state index >= 15 is 0 Å². The molecule has 1 aromatic carbocycles. The fraction of sp³-hybridized carbons (Fsp3) is 0.222. The Hall–Kier alpha value is -3.02. The van der Waals surface area contributed by atoms with Crippen molar-refractivity contribution in [3.63, 3.8) is 0 Å². The molecule has 0 atom stereocenters. The molecule has 6 nitrogen and oxygen atoms in total. The van der Waals surface area contributed by atoms with Crippen molar-refractivity contribution in [3.05, 3.63) is 36.2 Å². The largest absolute Gasteiger partial charge is 0.496 e. The average molecular weight is 321 g/mol. The van der Waals surface area contributed by atoms with Gasteiger partial charge in [0.1, 0.15) is 5.75 Å². The summed E-state index contributed by atoms with van der Waals surface area (Å²) in [6.45, 7) is 2.11. The summed E-state index contributed by atoms with van der Waals surface area (Å²) in [5, 5.41) is 4.28. The summed E-state index contributed by atoms with van der Waals surface area (Å²) in [6, 6.07) is 6.12. The molecular weight excluding hydrogens is 302 g/mol. The van der Waals surface area contributed by atoms with E-state index in [0.717, 1.165) is 39.5 Å². The molecule has 0 fully saturated rings. The van der Waals surface area contributed by atoms with E-state index in [1.165, 1.54) is 10.9 Å². The Morgan fingerprint density at radius 2 is 2.12 bits per heavy atom. The highest BCUT2D eigenvalue weighted by molar-refractivity contribution is 5.94. The number of methoxy groups -OCH3 is 1. The summed E-state index contributed by atoms with van der Waals surface area (Å²) in [6.07, 6.45) is 3.65. The van der Waals surface area contributed by atoms with Gasteiger partial charge in [-0.3, -0.25) is 4.98 Å². The van der Waals surface area contributed by atoms with Crippen LogP contribution in [0.4, 0.5) is 5.95 Å². The molecule has 4 aromatic rings. The zero-order chi connectivity index (χ0) is 16.8. The fourth-order valence-corrected chi connectivity index (χ4v) is 3.26. The summed E-state index contributed by atoms with van der Waals surface area (Å²) in [4.78, 5) is 12.3. The Labute approximate surface area is 139 Å². The molecule has 3 heterocycles. The van der Waals surface area contributed by atoms with E-state index in [2.05, 4.69) is 33.3 Å². The van der Waals surface area contributed by atoms with Gasteiger partial charge in [0.05, 0.1) is 35.6 Å². The summed E-state index contributed by atoms with van der Waals surface area (Å²) in [7, 11) is 5.55. The second-order valence-electron chi connectivity index (χ2n) is 5.83. The molecule has 122 valence electrons. The predicted octanol–water partition coefficient (Wildman–Crippen LogP) is 3.48. The summed E-state index contributed by atoms with van der Waals surface area (Å²) in [5.41, 5.74) is 6.18. The topological polar surface area (TPSA) is 67.8 Å². The van der Waals surface area contributed by atoms with Crippen molar-refractivity contribution < 1.29 is 4.74 Å². The molecule has 4 rings (SSSR count). The highest BCUT2D eigenvalue weighted by Crippen LogP contribution is 2.38. The van der Waals surface area contributed by atoms with Crippen molar-refractivity contribution in [2.75, 3.05) is 19.5 Å². The van der Waals surface area contributed by atoms with Crippen molar-refractivity contribution in [2.45, 2.75) is 6.92 Å². The Bertz CT molecular complexity index is 1060. The molecule has 24 heavy (non-hydrogen) atoms. The third kappa shape index (κ3) is 1.96. The number of H-pyrrole nitrogens is 1. The second kappa shape index (κ2) is 5.26. The maximum Gasteiger partial charge on any atom is 0.203 e. The quantitative estimate of drug-likeness (QED) is 0.606. The van der Waals surface area contributed by atoms with Crippen LogP contribution in [-0.2, 0) is 7.05 Å². The van der Waals surface area contributed by atoms with Crippen LogP contribution in [0.2, 0.25) is 0 Å². The Balaban J connectivity index is 2.02. The van der Waals surface area contributed by atoms with E-state index in [9.17, 15) is 0 Å². The average Bonchev–Trinajstić information content (AvgIpc) is 3.11. The number of aromatic amines is 1. The van der Waals surface area contributed by atoms with Gasteiger partial charge in [0.2, 0.25) is 5.95 Å². The first kappa shape index (κ1) is 14.6. The number of aryl methyl sites for hydroxylation is 2. The number of fused-ring (bicyclic) bond motifs is 2. The third-order valence-electron chi connectivity index (χ3n) is 4.55. The normalized spacial score (nSPS) is 11.3.